The molecule has 0 amide bonds. The summed E-state index contributed by atoms with van der Waals surface area (Å²) in [6.07, 6.45) is 4.59. The fourth-order valence-electron chi connectivity index (χ4n) is 0.984. The van der Waals surface area contributed by atoms with E-state index in [1.807, 2.05) is 6.92 Å². The number of unbranched alkanes of at least 4 members (excludes halogenated alkanes) is 2. The van der Waals surface area contributed by atoms with Gasteiger partial charge < -0.3 is 0 Å². The van der Waals surface area contributed by atoms with E-state index in [4.69, 9.17) is 4.55 Å². The molecule has 12 heavy (non-hydrogen) atoms. The first-order valence-corrected chi connectivity index (χ1v) is 5.61. The molecule has 0 fully saturated rings. The maximum absolute atomic E-state index is 10.6. The second kappa shape index (κ2) is 5.32. The molecule has 0 rings (SSSR count). The van der Waals surface area contributed by atoms with Gasteiger partial charge in [-0.3, -0.25) is 4.55 Å². The molecule has 0 aliphatic carbocycles. The van der Waals surface area contributed by atoms with E-state index in [0.717, 1.165) is 19.3 Å². The van der Waals surface area contributed by atoms with Crippen molar-refractivity contribution in [2.45, 2.75) is 37.9 Å². The summed E-state index contributed by atoms with van der Waals surface area (Å²) in [7, 11) is -3.91. The molecule has 0 spiro atoms. The molecule has 0 radical (unpaired) electrons. The molecule has 0 bridgehead atoms. The molecule has 4 heteroatoms. The first kappa shape index (κ1) is 11.6. The van der Waals surface area contributed by atoms with Crippen molar-refractivity contribution in [3.63, 3.8) is 0 Å². The van der Waals surface area contributed by atoms with Crippen LogP contribution in [-0.4, -0.2) is 18.2 Å². The van der Waals surface area contributed by atoms with Gasteiger partial charge in [-0.25, -0.2) is 0 Å². The monoisotopic (exact) mass is 192 g/mol. The van der Waals surface area contributed by atoms with Gasteiger partial charge in [0.2, 0.25) is 0 Å². The van der Waals surface area contributed by atoms with Gasteiger partial charge in [-0.2, -0.15) is 8.42 Å². The third-order valence-electron chi connectivity index (χ3n) is 1.74. The quantitative estimate of drug-likeness (QED) is 0.398. The molecule has 1 N–H and O–H groups in total. The lowest BCUT2D eigenvalue weighted by atomic mass is 10.1. The second-order valence-corrected chi connectivity index (χ2v) is 4.42. The Hall–Kier alpha value is -0.350. The lowest BCUT2D eigenvalue weighted by Gasteiger charge is -2.07. The van der Waals surface area contributed by atoms with Crippen LogP contribution in [0.2, 0.25) is 0 Å². The molecular weight excluding hydrogens is 176 g/mol. The van der Waals surface area contributed by atoms with Gasteiger partial charge in [-0.1, -0.05) is 32.3 Å². The van der Waals surface area contributed by atoms with Crippen molar-refractivity contribution < 1.29 is 13.0 Å². The van der Waals surface area contributed by atoms with Gasteiger partial charge in [-0.15, -0.1) is 6.58 Å². The highest BCUT2D eigenvalue weighted by Crippen LogP contribution is 2.10. The van der Waals surface area contributed by atoms with E-state index >= 15 is 0 Å². The van der Waals surface area contributed by atoms with Crippen molar-refractivity contribution in [3.05, 3.63) is 12.7 Å². The van der Waals surface area contributed by atoms with Gasteiger partial charge in [0.05, 0.1) is 0 Å². The van der Waals surface area contributed by atoms with Crippen LogP contribution in [0.25, 0.3) is 0 Å². The fourth-order valence-corrected chi connectivity index (χ4v) is 1.69. The van der Waals surface area contributed by atoms with E-state index < -0.39 is 15.4 Å². The molecule has 0 aliphatic heterocycles. The van der Waals surface area contributed by atoms with Crippen LogP contribution in [-0.2, 0) is 10.1 Å². The molecule has 0 saturated heterocycles. The third-order valence-corrected chi connectivity index (χ3v) is 2.93. The van der Waals surface area contributed by atoms with E-state index in [-0.39, 0.29) is 0 Å². The Morgan fingerprint density at radius 3 is 2.42 bits per heavy atom. The summed E-state index contributed by atoms with van der Waals surface area (Å²) in [5.41, 5.74) is 0. The maximum Gasteiger partial charge on any atom is 0.271 e. The predicted octanol–water partition coefficient (Wildman–Crippen LogP) is 2.01. The van der Waals surface area contributed by atoms with Crippen molar-refractivity contribution >= 4 is 10.1 Å². The van der Waals surface area contributed by atoms with Crippen LogP contribution in [0.15, 0.2) is 12.7 Å². The van der Waals surface area contributed by atoms with Crippen LogP contribution >= 0.6 is 0 Å². The number of hydrogen-bond acceptors (Lipinski definition) is 2. The van der Waals surface area contributed by atoms with Crippen LogP contribution < -0.4 is 0 Å². The fraction of sp³-hybridized carbons (Fsp3) is 0.750. The SMILES string of the molecule is C=CC(CCCCC)S(=O)(=O)O. The topological polar surface area (TPSA) is 54.4 Å². The molecule has 0 saturated carbocycles. The van der Waals surface area contributed by atoms with Crippen LogP contribution in [0.3, 0.4) is 0 Å². The van der Waals surface area contributed by atoms with E-state index in [2.05, 4.69) is 6.58 Å². The summed E-state index contributed by atoms with van der Waals surface area (Å²) in [5, 5.41) is -0.788. The van der Waals surface area contributed by atoms with Crippen molar-refractivity contribution in [1.82, 2.24) is 0 Å². The van der Waals surface area contributed by atoms with E-state index in [9.17, 15) is 8.42 Å². The summed E-state index contributed by atoms with van der Waals surface area (Å²) in [4.78, 5) is 0. The Morgan fingerprint density at radius 1 is 1.50 bits per heavy atom. The van der Waals surface area contributed by atoms with Crippen LogP contribution in [0, 0.1) is 0 Å². The average Bonchev–Trinajstić information content (AvgIpc) is 1.95. The van der Waals surface area contributed by atoms with Gasteiger partial charge in [0.1, 0.15) is 5.25 Å². The largest absolute Gasteiger partial charge is 0.285 e. The molecule has 0 heterocycles. The van der Waals surface area contributed by atoms with Gasteiger partial charge in [0, 0.05) is 0 Å². The van der Waals surface area contributed by atoms with Crippen LogP contribution in [0.5, 0.6) is 0 Å². The van der Waals surface area contributed by atoms with Crippen molar-refractivity contribution in [2.24, 2.45) is 0 Å². The number of rotatable bonds is 6. The lowest BCUT2D eigenvalue weighted by molar-refractivity contribution is 0.469. The minimum atomic E-state index is -3.91. The molecule has 0 aliphatic rings. The van der Waals surface area contributed by atoms with Gasteiger partial charge in [-0.05, 0) is 6.42 Å². The zero-order valence-electron chi connectivity index (χ0n) is 7.36. The summed E-state index contributed by atoms with van der Waals surface area (Å²) in [6, 6.07) is 0. The maximum atomic E-state index is 10.6. The standard InChI is InChI=1S/C8H16O3S/c1-3-5-6-7-8(4-2)12(9,10)11/h4,8H,2-3,5-7H2,1H3,(H,9,10,11). The summed E-state index contributed by atoms with van der Waals surface area (Å²) in [5.74, 6) is 0. The van der Waals surface area contributed by atoms with E-state index in [0.29, 0.717) is 6.42 Å². The average molecular weight is 192 g/mol. The molecule has 0 aromatic rings. The summed E-state index contributed by atoms with van der Waals surface area (Å²) < 4.78 is 30.0. The Labute approximate surface area is 74.2 Å². The molecular formula is C8H16O3S. The molecule has 1 atom stereocenters. The van der Waals surface area contributed by atoms with Gasteiger partial charge in [0.15, 0.2) is 0 Å². The van der Waals surface area contributed by atoms with Crippen molar-refractivity contribution in [2.75, 3.05) is 0 Å². The first-order valence-electron chi connectivity index (χ1n) is 4.11. The Balaban J connectivity index is 3.94. The highest BCUT2D eigenvalue weighted by Gasteiger charge is 2.17. The summed E-state index contributed by atoms with van der Waals surface area (Å²) >= 11 is 0. The smallest absolute Gasteiger partial charge is 0.271 e. The van der Waals surface area contributed by atoms with Gasteiger partial charge in [0.25, 0.3) is 10.1 Å². The molecule has 72 valence electrons. The van der Waals surface area contributed by atoms with Crippen molar-refractivity contribution in [1.29, 1.82) is 0 Å². The molecule has 0 aromatic carbocycles. The van der Waals surface area contributed by atoms with Gasteiger partial charge >= 0.3 is 0 Å². The number of hydrogen-bond donors (Lipinski definition) is 1. The molecule has 3 nitrogen and oxygen atoms in total. The minimum Gasteiger partial charge on any atom is -0.285 e. The summed E-state index contributed by atoms with van der Waals surface area (Å²) in [6.45, 7) is 5.41. The lowest BCUT2D eigenvalue weighted by Crippen LogP contribution is -2.17. The van der Waals surface area contributed by atoms with E-state index in [1.165, 1.54) is 6.08 Å². The highest BCUT2D eigenvalue weighted by atomic mass is 32.2. The predicted molar refractivity (Wildman–Crippen MR) is 49.7 cm³/mol. The van der Waals surface area contributed by atoms with Crippen molar-refractivity contribution in [3.8, 4) is 0 Å². The van der Waals surface area contributed by atoms with Crippen LogP contribution in [0.4, 0.5) is 0 Å². The Bertz CT molecular complexity index is 218. The molecule has 0 aromatic heterocycles. The highest BCUT2D eigenvalue weighted by molar-refractivity contribution is 7.86. The Kier molecular flexibility index (Phi) is 5.17. The third kappa shape index (κ3) is 4.51. The minimum absolute atomic E-state index is 0.468. The first-order chi connectivity index (χ1) is 5.52. The Morgan fingerprint density at radius 2 is 2.08 bits per heavy atom. The van der Waals surface area contributed by atoms with Crippen LogP contribution in [0.1, 0.15) is 32.6 Å². The zero-order chi connectivity index (χ0) is 9.61. The molecule has 1 unspecified atom stereocenters. The van der Waals surface area contributed by atoms with E-state index in [1.54, 1.807) is 0 Å². The normalized spacial score (nSPS) is 14.2. The second-order valence-electron chi connectivity index (χ2n) is 2.78. The zero-order valence-corrected chi connectivity index (χ0v) is 8.18.